The molecule has 1 amide bonds. The molecule has 0 unspecified atom stereocenters. The van der Waals surface area contributed by atoms with Crippen molar-refractivity contribution in [3.05, 3.63) is 113 Å². The Balaban J connectivity index is 1.40. The first-order valence-corrected chi connectivity index (χ1v) is 12.0. The number of benzene rings is 3. The van der Waals surface area contributed by atoms with Crippen LogP contribution in [0, 0.1) is 0 Å². The summed E-state index contributed by atoms with van der Waals surface area (Å²) in [5, 5.41) is 7.29. The van der Waals surface area contributed by atoms with Gasteiger partial charge in [0.25, 0.3) is 15.9 Å². The Morgan fingerprint density at radius 1 is 0.939 bits per heavy atom. The Morgan fingerprint density at radius 3 is 2.42 bits per heavy atom. The molecule has 0 radical (unpaired) electrons. The van der Waals surface area contributed by atoms with E-state index in [1.165, 1.54) is 18.2 Å². The first-order chi connectivity index (χ1) is 15.9. The van der Waals surface area contributed by atoms with Crippen molar-refractivity contribution in [3.8, 4) is 0 Å². The van der Waals surface area contributed by atoms with E-state index in [4.69, 9.17) is 11.6 Å². The number of hydrogen-bond donors (Lipinski definition) is 2. The van der Waals surface area contributed by atoms with E-state index in [9.17, 15) is 13.2 Å². The van der Waals surface area contributed by atoms with Crippen molar-refractivity contribution in [2.45, 2.75) is 18.0 Å². The van der Waals surface area contributed by atoms with Crippen LogP contribution in [-0.4, -0.2) is 24.1 Å². The van der Waals surface area contributed by atoms with Gasteiger partial charge in [0.05, 0.1) is 22.2 Å². The van der Waals surface area contributed by atoms with Crippen molar-refractivity contribution in [1.29, 1.82) is 0 Å². The van der Waals surface area contributed by atoms with Gasteiger partial charge >= 0.3 is 0 Å². The first kappa shape index (κ1) is 22.6. The number of sulfonamides is 1. The van der Waals surface area contributed by atoms with Crippen LogP contribution in [0.15, 0.2) is 96.2 Å². The SMILES string of the molecule is O=C(NCc1ccc(Cn2cccn2)cc1)c1cccc(S(=O)(=O)Nc2ccccc2Cl)c1. The number of nitrogens with one attached hydrogen (secondary N) is 2. The highest BCUT2D eigenvalue weighted by Gasteiger charge is 2.17. The minimum atomic E-state index is -3.91. The molecule has 9 heteroatoms. The Kier molecular flexibility index (Phi) is 6.76. The molecule has 7 nitrogen and oxygen atoms in total. The van der Waals surface area contributed by atoms with Crippen molar-refractivity contribution in [1.82, 2.24) is 15.1 Å². The zero-order valence-electron chi connectivity index (χ0n) is 17.5. The molecule has 0 aliphatic rings. The van der Waals surface area contributed by atoms with Gasteiger partial charge in [-0.15, -0.1) is 0 Å². The van der Waals surface area contributed by atoms with Gasteiger partial charge in [0, 0.05) is 24.5 Å². The van der Waals surface area contributed by atoms with Crippen LogP contribution < -0.4 is 10.0 Å². The summed E-state index contributed by atoms with van der Waals surface area (Å²) in [6.07, 6.45) is 3.63. The van der Waals surface area contributed by atoms with E-state index in [2.05, 4.69) is 15.1 Å². The normalized spacial score (nSPS) is 11.2. The highest BCUT2D eigenvalue weighted by molar-refractivity contribution is 7.92. The number of aromatic nitrogens is 2. The highest BCUT2D eigenvalue weighted by atomic mass is 35.5. The number of carbonyl (C=O) groups is 1. The summed E-state index contributed by atoms with van der Waals surface area (Å²) in [6, 6.07) is 22.1. The number of para-hydroxylation sites is 1. The van der Waals surface area contributed by atoms with Crippen LogP contribution in [0.4, 0.5) is 5.69 Å². The minimum absolute atomic E-state index is 0.0296. The summed E-state index contributed by atoms with van der Waals surface area (Å²) in [4.78, 5) is 12.6. The molecule has 0 aliphatic heterocycles. The lowest BCUT2D eigenvalue weighted by molar-refractivity contribution is 0.0950. The lowest BCUT2D eigenvalue weighted by Crippen LogP contribution is -2.23. The van der Waals surface area contributed by atoms with Gasteiger partial charge in [-0.2, -0.15) is 5.10 Å². The average molecular weight is 481 g/mol. The van der Waals surface area contributed by atoms with Crippen LogP contribution in [0.2, 0.25) is 5.02 Å². The molecule has 0 spiro atoms. The molecule has 0 atom stereocenters. The summed E-state index contributed by atoms with van der Waals surface area (Å²) in [6.45, 7) is 0.985. The quantitative estimate of drug-likeness (QED) is 0.393. The van der Waals surface area contributed by atoms with Gasteiger partial charge in [-0.25, -0.2) is 8.42 Å². The fourth-order valence-electron chi connectivity index (χ4n) is 3.18. The second-order valence-corrected chi connectivity index (χ2v) is 9.41. The fraction of sp³-hybridized carbons (Fsp3) is 0.0833. The zero-order chi connectivity index (χ0) is 23.3. The monoisotopic (exact) mass is 480 g/mol. The first-order valence-electron chi connectivity index (χ1n) is 10.1. The largest absolute Gasteiger partial charge is 0.348 e. The molecular formula is C24H21ClN4O3S. The minimum Gasteiger partial charge on any atom is -0.348 e. The maximum absolute atomic E-state index is 12.7. The van der Waals surface area contributed by atoms with Crippen LogP contribution in [-0.2, 0) is 23.1 Å². The van der Waals surface area contributed by atoms with Crippen molar-refractivity contribution in [2.75, 3.05) is 4.72 Å². The number of rotatable bonds is 8. The molecule has 2 N–H and O–H groups in total. The number of carbonyl (C=O) groups excluding carboxylic acids is 1. The van der Waals surface area contributed by atoms with E-state index in [0.29, 0.717) is 13.1 Å². The number of hydrogen-bond acceptors (Lipinski definition) is 4. The number of nitrogens with zero attached hydrogens (tertiary/aromatic N) is 2. The number of anilines is 1. The summed E-state index contributed by atoms with van der Waals surface area (Å²) >= 11 is 6.05. The molecule has 0 saturated carbocycles. The van der Waals surface area contributed by atoms with Crippen LogP contribution in [0.3, 0.4) is 0 Å². The van der Waals surface area contributed by atoms with E-state index < -0.39 is 10.0 Å². The van der Waals surface area contributed by atoms with Gasteiger partial charge in [-0.3, -0.25) is 14.2 Å². The van der Waals surface area contributed by atoms with Crippen LogP contribution in [0.1, 0.15) is 21.5 Å². The second kappa shape index (κ2) is 9.89. The van der Waals surface area contributed by atoms with Gasteiger partial charge in [0.1, 0.15) is 0 Å². The van der Waals surface area contributed by atoms with Gasteiger partial charge in [-0.1, -0.05) is 54.1 Å². The molecule has 1 heterocycles. The van der Waals surface area contributed by atoms with Crippen LogP contribution in [0.5, 0.6) is 0 Å². The molecule has 168 valence electrons. The molecule has 4 aromatic rings. The molecular weight excluding hydrogens is 460 g/mol. The third kappa shape index (κ3) is 5.79. The van der Waals surface area contributed by atoms with E-state index >= 15 is 0 Å². The third-order valence-electron chi connectivity index (χ3n) is 4.90. The Morgan fingerprint density at radius 2 is 1.70 bits per heavy atom. The van der Waals surface area contributed by atoms with E-state index in [-0.39, 0.29) is 27.1 Å². The van der Waals surface area contributed by atoms with Crippen LogP contribution in [0.25, 0.3) is 0 Å². The number of amides is 1. The van der Waals surface area contributed by atoms with Crippen molar-refractivity contribution in [3.63, 3.8) is 0 Å². The lowest BCUT2D eigenvalue weighted by Gasteiger charge is -2.11. The molecule has 0 saturated heterocycles. The van der Waals surface area contributed by atoms with Crippen molar-refractivity contribution >= 4 is 33.2 Å². The fourth-order valence-corrected chi connectivity index (χ4v) is 4.54. The second-order valence-electron chi connectivity index (χ2n) is 7.32. The smallest absolute Gasteiger partial charge is 0.261 e. The maximum atomic E-state index is 12.7. The molecule has 33 heavy (non-hydrogen) atoms. The van der Waals surface area contributed by atoms with Gasteiger partial charge in [-0.05, 0) is 47.5 Å². The summed E-state index contributed by atoms with van der Waals surface area (Å²) in [7, 11) is -3.91. The Hall–Kier alpha value is -3.62. The van der Waals surface area contributed by atoms with Gasteiger partial charge in [0.2, 0.25) is 0 Å². The molecule has 1 aromatic heterocycles. The van der Waals surface area contributed by atoms with E-state index in [1.807, 2.05) is 41.2 Å². The summed E-state index contributed by atoms with van der Waals surface area (Å²) in [5.74, 6) is -0.370. The van der Waals surface area contributed by atoms with Crippen molar-refractivity contribution < 1.29 is 13.2 Å². The molecule has 0 fully saturated rings. The predicted octanol–water partition coefficient (Wildman–Crippen LogP) is 4.32. The lowest BCUT2D eigenvalue weighted by atomic mass is 10.1. The van der Waals surface area contributed by atoms with E-state index in [0.717, 1.165) is 11.1 Å². The summed E-state index contributed by atoms with van der Waals surface area (Å²) < 4.78 is 29.8. The zero-order valence-corrected chi connectivity index (χ0v) is 19.1. The Labute approximate surface area is 197 Å². The van der Waals surface area contributed by atoms with Gasteiger partial charge < -0.3 is 5.32 Å². The Bertz CT molecular complexity index is 1350. The van der Waals surface area contributed by atoms with E-state index in [1.54, 1.807) is 36.5 Å². The van der Waals surface area contributed by atoms with Crippen molar-refractivity contribution in [2.24, 2.45) is 0 Å². The highest BCUT2D eigenvalue weighted by Crippen LogP contribution is 2.24. The molecule has 3 aromatic carbocycles. The van der Waals surface area contributed by atoms with Gasteiger partial charge in [0.15, 0.2) is 0 Å². The number of halogens is 1. The standard InChI is InChI=1S/C24H21ClN4O3S/c25-22-7-1-2-8-23(22)28-33(31,32)21-6-3-5-20(15-21)24(30)26-16-18-9-11-19(12-10-18)17-29-14-4-13-27-29/h1-15,28H,16-17H2,(H,26,30). The molecule has 0 bridgehead atoms. The third-order valence-corrected chi connectivity index (χ3v) is 6.60. The van der Waals surface area contributed by atoms with Crippen LogP contribution >= 0.6 is 11.6 Å². The average Bonchev–Trinajstić information content (AvgIpc) is 3.33. The summed E-state index contributed by atoms with van der Waals surface area (Å²) in [5.41, 5.74) is 2.53. The maximum Gasteiger partial charge on any atom is 0.261 e. The molecule has 0 aliphatic carbocycles. The molecule has 4 rings (SSSR count). The predicted molar refractivity (Wildman–Crippen MR) is 128 cm³/mol. The topological polar surface area (TPSA) is 93.1 Å².